The van der Waals surface area contributed by atoms with E-state index in [1.807, 2.05) is 11.3 Å². The average Bonchev–Trinajstić information content (AvgIpc) is 3.03. The van der Waals surface area contributed by atoms with Crippen molar-refractivity contribution >= 4 is 36.2 Å². The Morgan fingerprint density at radius 1 is 1.09 bits per heavy atom. The van der Waals surface area contributed by atoms with Crippen molar-refractivity contribution in [2.45, 2.75) is 6.04 Å². The molecule has 0 unspecified atom stereocenters. The van der Waals surface area contributed by atoms with Gasteiger partial charge in [-0.05, 0) is 29.1 Å². The Bertz CT molecular complexity index is 528. The number of hydrogen-bond acceptors (Lipinski definition) is 4. The Kier molecular flexibility index (Phi) is 8.21. The van der Waals surface area contributed by atoms with Crippen molar-refractivity contribution in [3.63, 3.8) is 0 Å². The molecular weight excluding hydrogens is 339 g/mol. The highest BCUT2D eigenvalue weighted by atomic mass is 35.5. The Labute approximate surface area is 148 Å². The van der Waals surface area contributed by atoms with Crippen molar-refractivity contribution in [1.29, 1.82) is 0 Å². The molecule has 3 nitrogen and oxygen atoms in total. The molecule has 1 atom stereocenters. The zero-order chi connectivity index (χ0) is 13.8. The normalized spacial score (nSPS) is 16.2. The number of ether oxygens (including phenoxy) is 1. The summed E-state index contributed by atoms with van der Waals surface area (Å²) in [6.45, 7) is 4.32. The highest BCUT2D eigenvalue weighted by Gasteiger charge is 2.24. The van der Waals surface area contributed by atoms with Crippen LogP contribution in [0.4, 0.5) is 0 Å². The van der Waals surface area contributed by atoms with Gasteiger partial charge in [-0.25, -0.2) is 0 Å². The molecule has 22 heavy (non-hydrogen) atoms. The third kappa shape index (κ3) is 4.37. The van der Waals surface area contributed by atoms with Crippen LogP contribution >= 0.6 is 36.2 Å². The summed E-state index contributed by atoms with van der Waals surface area (Å²) >= 11 is 1.84. The SMILES string of the molecule is COc1ccc([C@@H](c2cccs2)N2CCNCC2)cc1.Cl.Cl. The Morgan fingerprint density at radius 2 is 1.77 bits per heavy atom. The van der Waals surface area contributed by atoms with Gasteiger partial charge in [0, 0.05) is 31.1 Å². The van der Waals surface area contributed by atoms with Crippen LogP contribution in [0, 0.1) is 0 Å². The third-order valence-corrected chi connectivity index (χ3v) is 4.69. The molecule has 0 aliphatic carbocycles. The molecule has 3 rings (SSSR count). The molecule has 0 saturated carbocycles. The van der Waals surface area contributed by atoms with Crippen LogP contribution in [0.15, 0.2) is 41.8 Å². The molecule has 122 valence electrons. The van der Waals surface area contributed by atoms with Gasteiger partial charge in [-0.15, -0.1) is 36.2 Å². The zero-order valence-electron chi connectivity index (χ0n) is 12.5. The first-order valence-electron chi connectivity index (χ1n) is 7.00. The standard InChI is InChI=1S/C16H20N2OS.2ClH/c1-19-14-6-4-13(5-7-14)16(15-3-2-12-20-15)18-10-8-17-9-11-18;;/h2-7,12,16-17H,8-11H2,1H3;2*1H/t16-;;/m0../s1. The number of benzene rings is 1. The molecule has 0 amide bonds. The van der Waals surface area contributed by atoms with E-state index in [0.29, 0.717) is 6.04 Å². The number of methoxy groups -OCH3 is 1. The number of nitrogens with one attached hydrogen (secondary N) is 1. The molecule has 1 aliphatic rings. The number of thiophene rings is 1. The van der Waals surface area contributed by atoms with Gasteiger partial charge in [0.25, 0.3) is 0 Å². The van der Waals surface area contributed by atoms with E-state index < -0.39 is 0 Å². The number of piperazine rings is 1. The molecule has 1 N–H and O–H groups in total. The van der Waals surface area contributed by atoms with Gasteiger partial charge >= 0.3 is 0 Å². The van der Waals surface area contributed by atoms with E-state index in [-0.39, 0.29) is 24.8 Å². The topological polar surface area (TPSA) is 24.5 Å². The van der Waals surface area contributed by atoms with Crippen LogP contribution < -0.4 is 10.1 Å². The zero-order valence-corrected chi connectivity index (χ0v) is 15.0. The van der Waals surface area contributed by atoms with Crippen LogP contribution in [0.25, 0.3) is 0 Å². The third-order valence-electron chi connectivity index (χ3n) is 3.76. The maximum atomic E-state index is 5.26. The molecule has 2 heterocycles. The lowest BCUT2D eigenvalue weighted by molar-refractivity contribution is 0.200. The molecule has 1 aromatic carbocycles. The van der Waals surface area contributed by atoms with E-state index in [9.17, 15) is 0 Å². The van der Waals surface area contributed by atoms with Crippen molar-refractivity contribution in [3.8, 4) is 5.75 Å². The van der Waals surface area contributed by atoms with Crippen molar-refractivity contribution in [2.75, 3.05) is 33.3 Å². The summed E-state index contributed by atoms with van der Waals surface area (Å²) in [5.41, 5.74) is 1.34. The first kappa shape index (κ1) is 19.3. The lowest BCUT2D eigenvalue weighted by atomic mass is 10.0. The summed E-state index contributed by atoms with van der Waals surface area (Å²) in [7, 11) is 1.71. The minimum Gasteiger partial charge on any atom is -0.497 e. The van der Waals surface area contributed by atoms with E-state index in [1.165, 1.54) is 10.4 Å². The van der Waals surface area contributed by atoms with Gasteiger partial charge in [-0.3, -0.25) is 4.90 Å². The van der Waals surface area contributed by atoms with Crippen LogP contribution in [0.3, 0.4) is 0 Å². The van der Waals surface area contributed by atoms with Gasteiger partial charge in [0.15, 0.2) is 0 Å². The first-order valence-corrected chi connectivity index (χ1v) is 7.88. The second kappa shape index (κ2) is 9.38. The summed E-state index contributed by atoms with van der Waals surface area (Å²) in [6.07, 6.45) is 0. The molecule has 1 aromatic heterocycles. The van der Waals surface area contributed by atoms with Gasteiger partial charge in [0.1, 0.15) is 5.75 Å². The highest BCUT2D eigenvalue weighted by Crippen LogP contribution is 2.32. The van der Waals surface area contributed by atoms with Crippen LogP contribution in [0.1, 0.15) is 16.5 Å². The van der Waals surface area contributed by atoms with Crippen LogP contribution in [0.5, 0.6) is 5.75 Å². The van der Waals surface area contributed by atoms with Crippen LogP contribution in [0.2, 0.25) is 0 Å². The van der Waals surface area contributed by atoms with E-state index >= 15 is 0 Å². The second-order valence-electron chi connectivity index (χ2n) is 4.98. The van der Waals surface area contributed by atoms with Crippen LogP contribution in [-0.4, -0.2) is 38.2 Å². The molecule has 0 bridgehead atoms. The number of nitrogens with zero attached hydrogens (tertiary/aromatic N) is 1. The van der Waals surface area contributed by atoms with Crippen LogP contribution in [-0.2, 0) is 0 Å². The molecule has 2 aromatic rings. The van der Waals surface area contributed by atoms with Gasteiger partial charge in [-0.2, -0.15) is 0 Å². The fourth-order valence-electron chi connectivity index (χ4n) is 2.73. The average molecular weight is 361 g/mol. The summed E-state index contributed by atoms with van der Waals surface area (Å²) in [5, 5.41) is 5.59. The van der Waals surface area contributed by atoms with Gasteiger partial charge in [0.05, 0.1) is 13.2 Å². The van der Waals surface area contributed by atoms with Crippen molar-refractivity contribution in [3.05, 3.63) is 52.2 Å². The maximum absolute atomic E-state index is 5.26. The quantitative estimate of drug-likeness (QED) is 0.901. The van der Waals surface area contributed by atoms with E-state index in [4.69, 9.17) is 4.74 Å². The fourth-order valence-corrected chi connectivity index (χ4v) is 3.61. The number of halogens is 2. The maximum Gasteiger partial charge on any atom is 0.118 e. The second-order valence-corrected chi connectivity index (χ2v) is 5.96. The van der Waals surface area contributed by atoms with Crippen molar-refractivity contribution in [1.82, 2.24) is 10.2 Å². The molecule has 1 aliphatic heterocycles. The summed E-state index contributed by atoms with van der Waals surface area (Å²) in [5.74, 6) is 0.916. The summed E-state index contributed by atoms with van der Waals surface area (Å²) < 4.78 is 5.26. The molecule has 0 radical (unpaired) electrons. The Balaban J connectivity index is 0.00000121. The largest absolute Gasteiger partial charge is 0.497 e. The van der Waals surface area contributed by atoms with E-state index in [2.05, 4.69) is 52.0 Å². The van der Waals surface area contributed by atoms with E-state index in [1.54, 1.807) is 7.11 Å². The fraction of sp³-hybridized carbons (Fsp3) is 0.375. The minimum absolute atomic E-state index is 0. The van der Waals surface area contributed by atoms with Gasteiger partial charge in [-0.1, -0.05) is 18.2 Å². The lowest BCUT2D eigenvalue weighted by Crippen LogP contribution is -2.45. The highest BCUT2D eigenvalue weighted by molar-refractivity contribution is 7.10. The van der Waals surface area contributed by atoms with Crippen molar-refractivity contribution in [2.24, 2.45) is 0 Å². The summed E-state index contributed by atoms with van der Waals surface area (Å²) in [4.78, 5) is 3.97. The Hall–Kier alpha value is -0.780. The smallest absolute Gasteiger partial charge is 0.118 e. The minimum atomic E-state index is 0. The first-order chi connectivity index (χ1) is 9.88. The van der Waals surface area contributed by atoms with E-state index in [0.717, 1.165) is 31.9 Å². The Morgan fingerprint density at radius 3 is 2.32 bits per heavy atom. The van der Waals surface area contributed by atoms with Gasteiger partial charge in [0.2, 0.25) is 0 Å². The number of rotatable bonds is 4. The van der Waals surface area contributed by atoms with Gasteiger partial charge < -0.3 is 10.1 Å². The lowest BCUT2D eigenvalue weighted by Gasteiger charge is -2.34. The molecule has 0 spiro atoms. The predicted octanol–water partition coefficient (Wildman–Crippen LogP) is 3.59. The number of hydrogen-bond donors (Lipinski definition) is 1. The monoisotopic (exact) mass is 360 g/mol. The molecule has 1 saturated heterocycles. The van der Waals surface area contributed by atoms with Crippen molar-refractivity contribution < 1.29 is 4.74 Å². The molecule has 6 heteroatoms. The molecule has 1 fully saturated rings. The summed E-state index contributed by atoms with van der Waals surface area (Å²) in [6, 6.07) is 13.2. The predicted molar refractivity (Wildman–Crippen MR) is 98.1 cm³/mol. The molecular formula is C16H22Cl2N2OS.